The fourth-order valence-electron chi connectivity index (χ4n) is 3.28. The summed E-state index contributed by atoms with van der Waals surface area (Å²) in [6.07, 6.45) is 7.89. The van der Waals surface area contributed by atoms with Gasteiger partial charge in [0.15, 0.2) is 18.1 Å². The summed E-state index contributed by atoms with van der Waals surface area (Å²) in [4.78, 5) is 24.5. The van der Waals surface area contributed by atoms with E-state index >= 15 is 0 Å². The lowest BCUT2D eigenvalue weighted by Gasteiger charge is -2.21. The number of nitrogens with one attached hydrogen (secondary N) is 1. The number of hydrogen-bond donors (Lipinski definition) is 1. The average molecular weight is 379 g/mol. The molecule has 1 aliphatic carbocycles. The largest absolute Gasteiger partial charge is 0.493 e. The second kappa shape index (κ2) is 10.6. The van der Waals surface area contributed by atoms with E-state index in [4.69, 9.17) is 18.9 Å². The molecule has 1 fully saturated rings. The standard InChI is InChI=1S/C20H29NO6/c1-24-16-11-14(12-17(25-2)19(16)26-3)20(23)27-13-18(22)21-15-9-7-5-4-6-8-10-15/h11-12,15H,4-10,13H2,1-3H3,(H,21,22). The first-order chi connectivity index (χ1) is 13.1. The number of rotatable bonds is 7. The maximum Gasteiger partial charge on any atom is 0.338 e. The molecule has 0 atom stereocenters. The molecule has 0 unspecified atom stereocenters. The molecule has 150 valence electrons. The molecule has 0 saturated heterocycles. The van der Waals surface area contributed by atoms with Crippen LogP contribution >= 0.6 is 0 Å². The van der Waals surface area contributed by atoms with Crippen molar-refractivity contribution in [3.63, 3.8) is 0 Å². The zero-order valence-electron chi connectivity index (χ0n) is 16.3. The third-order valence-corrected chi connectivity index (χ3v) is 4.71. The van der Waals surface area contributed by atoms with E-state index in [0.29, 0.717) is 17.2 Å². The fraction of sp³-hybridized carbons (Fsp3) is 0.600. The molecule has 7 heteroatoms. The molecule has 0 bridgehead atoms. The second-order valence-corrected chi connectivity index (χ2v) is 6.60. The van der Waals surface area contributed by atoms with Gasteiger partial charge in [0.1, 0.15) is 0 Å². The second-order valence-electron chi connectivity index (χ2n) is 6.60. The van der Waals surface area contributed by atoms with E-state index in [1.54, 1.807) is 0 Å². The minimum atomic E-state index is -0.623. The zero-order valence-corrected chi connectivity index (χ0v) is 16.3. The highest BCUT2D eigenvalue weighted by atomic mass is 16.5. The van der Waals surface area contributed by atoms with Gasteiger partial charge in [-0.15, -0.1) is 0 Å². The molecule has 1 amide bonds. The Labute approximate surface area is 160 Å². The predicted molar refractivity (Wildman–Crippen MR) is 101 cm³/mol. The third kappa shape index (κ3) is 6.05. The van der Waals surface area contributed by atoms with Gasteiger partial charge in [0.05, 0.1) is 26.9 Å². The Morgan fingerprint density at radius 1 is 0.926 bits per heavy atom. The lowest BCUT2D eigenvalue weighted by molar-refractivity contribution is -0.125. The van der Waals surface area contributed by atoms with Gasteiger partial charge in [-0.3, -0.25) is 4.79 Å². The van der Waals surface area contributed by atoms with E-state index in [1.165, 1.54) is 52.7 Å². The van der Waals surface area contributed by atoms with Crippen molar-refractivity contribution in [1.29, 1.82) is 0 Å². The van der Waals surface area contributed by atoms with Crippen molar-refractivity contribution in [2.24, 2.45) is 0 Å². The summed E-state index contributed by atoms with van der Waals surface area (Å²) in [7, 11) is 4.42. The number of carbonyl (C=O) groups excluding carboxylic acids is 2. The van der Waals surface area contributed by atoms with Crippen LogP contribution in [0.5, 0.6) is 17.2 Å². The normalized spacial score (nSPS) is 15.2. The number of methoxy groups -OCH3 is 3. The SMILES string of the molecule is COc1cc(C(=O)OCC(=O)NC2CCCCCCC2)cc(OC)c1OC. The Balaban J connectivity index is 1.93. The van der Waals surface area contributed by atoms with Crippen molar-refractivity contribution in [2.45, 2.75) is 51.0 Å². The van der Waals surface area contributed by atoms with Crippen molar-refractivity contribution in [3.05, 3.63) is 17.7 Å². The van der Waals surface area contributed by atoms with Crippen LogP contribution in [0.2, 0.25) is 0 Å². The topological polar surface area (TPSA) is 83.1 Å². The highest BCUT2D eigenvalue weighted by Gasteiger charge is 2.19. The first-order valence-electron chi connectivity index (χ1n) is 9.35. The van der Waals surface area contributed by atoms with Crippen molar-refractivity contribution in [3.8, 4) is 17.2 Å². The molecule has 0 aromatic heterocycles. The molecular formula is C20H29NO6. The Morgan fingerprint density at radius 2 is 1.48 bits per heavy atom. The third-order valence-electron chi connectivity index (χ3n) is 4.71. The summed E-state index contributed by atoms with van der Waals surface area (Å²) in [5.74, 6) is 0.188. The molecule has 0 heterocycles. The fourth-order valence-corrected chi connectivity index (χ4v) is 3.28. The predicted octanol–water partition coefficient (Wildman–Crippen LogP) is 3.10. The van der Waals surface area contributed by atoms with Gasteiger partial charge < -0.3 is 24.3 Å². The summed E-state index contributed by atoms with van der Waals surface area (Å²) in [5, 5.41) is 2.97. The highest BCUT2D eigenvalue weighted by molar-refractivity contribution is 5.92. The van der Waals surface area contributed by atoms with Crippen molar-refractivity contribution >= 4 is 11.9 Å². The molecule has 1 aromatic rings. The summed E-state index contributed by atoms with van der Waals surface area (Å²) >= 11 is 0. The van der Waals surface area contributed by atoms with Crippen LogP contribution in [0.25, 0.3) is 0 Å². The number of hydrogen-bond acceptors (Lipinski definition) is 6. The Kier molecular flexibility index (Phi) is 8.23. The minimum Gasteiger partial charge on any atom is -0.493 e. The maximum atomic E-state index is 12.3. The van der Waals surface area contributed by atoms with E-state index < -0.39 is 5.97 Å². The minimum absolute atomic E-state index is 0.165. The Hall–Kier alpha value is -2.44. The summed E-state index contributed by atoms with van der Waals surface area (Å²) < 4.78 is 20.8. The molecular weight excluding hydrogens is 350 g/mol. The number of ether oxygens (including phenoxy) is 4. The van der Waals surface area contributed by atoms with Crippen LogP contribution in [0.4, 0.5) is 0 Å². The van der Waals surface area contributed by atoms with E-state index in [-0.39, 0.29) is 24.1 Å². The van der Waals surface area contributed by atoms with Crippen molar-refractivity contribution in [1.82, 2.24) is 5.32 Å². The van der Waals surface area contributed by atoms with E-state index in [1.807, 2.05) is 0 Å². The molecule has 2 rings (SSSR count). The average Bonchev–Trinajstić information content (AvgIpc) is 2.66. The molecule has 0 spiro atoms. The van der Waals surface area contributed by atoms with E-state index in [9.17, 15) is 9.59 Å². The molecule has 0 radical (unpaired) electrons. The molecule has 1 N–H and O–H groups in total. The van der Waals surface area contributed by atoms with Gasteiger partial charge in [-0.25, -0.2) is 4.79 Å². The van der Waals surface area contributed by atoms with Crippen LogP contribution in [0.3, 0.4) is 0 Å². The molecule has 1 saturated carbocycles. The zero-order chi connectivity index (χ0) is 19.6. The van der Waals surface area contributed by atoms with Gasteiger partial charge in [-0.2, -0.15) is 0 Å². The van der Waals surface area contributed by atoms with Crippen LogP contribution in [0.1, 0.15) is 55.3 Å². The number of amides is 1. The van der Waals surface area contributed by atoms with Crippen LogP contribution in [-0.4, -0.2) is 45.9 Å². The number of carbonyl (C=O) groups is 2. The summed E-state index contributed by atoms with van der Waals surface area (Å²) in [6, 6.07) is 3.16. The first-order valence-corrected chi connectivity index (χ1v) is 9.35. The molecule has 1 aliphatic rings. The van der Waals surface area contributed by atoms with Crippen LogP contribution in [0, 0.1) is 0 Å². The van der Waals surface area contributed by atoms with Gasteiger partial charge in [-0.1, -0.05) is 32.1 Å². The lowest BCUT2D eigenvalue weighted by atomic mass is 9.97. The van der Waals surface area contributed by atoms with Crippen molar-refractivity contribution in [2.75, 3.05) is 27.9 Å². The first kappa shape index (κ1) is 20.9. The monoisotopic (exact) mass is 379 g/mol. The van der Waals surface area contributed by atoms with Gasteiger partial charge in [0, 0.05) is 6.04 Å². The Bertz CT molecular complexity index is 612. The van der Waals surface area contributed by atoms with Gasteiger partial charge >= 0.3 is 5.97 Å². The number of esters is 1. The summed E-state index contributed by atoms with van der Waals surface area (Å²) in [5.41, 5.74) is 0.225. The van der Waals surface area contributed by atoms with E-state index in [0.717, 1.165) is 25.7 Å². The van der Waals surface area contributed by atoms with E-state index in [2.05, 4.69) is 5.32 Å². The molecule has 1 aromatic carbocycles. The Morgan fingerprint density at radius 3 is 2.00 bits per heavy atom. The van der Waals surface area contributed by atoms with Crippen LogP contribution in [-0.2, 0) is 9.53 Å². The smallest absolute Gasteiger partial charge is 0.338 e. The van der Waals surface area contributed by atoms with Crippen LogP contribution < -0.4 is 19.5 Å². The van der Waals surface area contributed by atoms with Crippen LogP contribution in [0.15, 0.2) is 12.1 Å². The number of benzene rings is 1. The molecule has 27 heavy (non-hydrogen) atoms. The molecule has 0 aliphatic heterocycles. The van der Waals surface area contributed by atoms with Gasteiger partial charge in [-0.05, 0) is 25.0 Å². The summed E-state index contributed by atoms with van der Waals surface area (Å²) in [6.45, 7) is -0.313. The lowest BCUT2D eigenvalue weighted by Crippen LogP contribution is -2.38. The van der Waals surface area contributed by atoms with Gasteiger partial charge in [0.25, 0.3) is 5.91 Å². The van der Waals surface area contributed by atoms with Gasteiger partial charge in [0.2, 0.25) is 5.75 Å². The highest BCUT2D eigenvalue weighted by Crippen LogP contribution is 2.38. The maximum absolute atomic E-state index is 12.3. The molecule has 7 nitrogen and oxygen atoms in total. The van der Waals surface area contributed by atoms with Crippen molar-refractivity contribution < 1.29 is 28.5 Å². The quantitative estimate of drug-likeness (QED) is 0.733.